The first-order valence-corrected chi connectivity index (χ1v) is 6.60. The Morgan fingerprint density at radius 2 is 2.25 bits per heavy atom. The van der Waals surface area contributed by atoms with Gasteiger partial charge in [-0.2, -0.15) is 0 Å². The predicted octanol–water partition coefficient (Wildman–Crippen LogP) is 3.74. The average molecular weight is 284 g/mol. The van der Waals surface area contributed by atoms with Crippen molar-refractivity contribution in [2.24, 2.45) is 0 Å². The minimum atomic E-state index is 0.370. The monoisotopic (exact) mass is 283 g/mol. The van der Waals surface area contributed by atoms with Gasteiger partial charge in [-0.25, -0.2) is 0 Å². The van der Waals surface area contributed by atoms with Crippen LogP contribution in [-0.4, -0.2) is 18.8 Å². The van der Waals surface area contributed by atoms with Crippen LogP contribution in [0.4, 0.5) is 5.69 Å². The molecular formula is C13H18BrNO. The van der Waals surface area contributed by atoms with Gasteiger partial charge >= 0.3 is 0 Å². The molecule has 2 atom stereocenters. The van der Waals surface area contributed by atoms with Crippen LogP contribution in [-0.2, 0) is 4.74 Å². The van der Waals surface area contributed by atoms with E-state index in [2.05, 4.69) is 53.3 Å². The van der Waals surface area contributed by atoms with Crippen LogP contribution in [0.2, 0.25) is 0 Å². The third-order valence-corrected chi connectivity index (χ3v) is 3.88. The topological polar surface area (TPSA) is 21.3 Å². The molecule has 1 aliphatic heterocycles. The van der Waals surface area contributed by atoms with Gasteiger partial charge in [-0.05, 0) is 44.4 Å². The lowest BCUT2D eigenvalue weighted by molar-refractivity contribution is 0.0637. The second kappa shape index (κ2) is 5.19. The molecule has 1 heterocycles. The molecule has 1 N–H and O–H groups in total. The predicted molar refractivity (Wildman–Crippen MR) is 70.9 cm³/mol. The highest BCUT2D eigenvalue weighted by atomic mass is 79.9. The number of aryl methyl sites for hydroxylation is 1. The van der Waals surface area contributed by atoms with Gasteiger partial charge < -0.3 is 10.1 Å². The Morgan fingerprint density at radius 1 is 1.44 bits per heavy atom. The van der Waals surface area contributed by atoms with Crippen molar-refractivity contribution in [1.29, 1.82) is 0 Å². The number of hydrogen-bond donors (Lipinski definition) is 1. The molecule has 1 fully saturated rings. The molecule has 0 amide bonds. The third-order valence-electron chi connectivity index (χ3n) is 3.03. The maximum atomic E-state index is 5.76. The lowest BCUT2D eigenvalue weighted by atomic mass is 10.2. The van der Waals surface area contributed by atoms with Crippen molar-refractivity contribution in [3.63, 3.8) is 0 Å². The SMILES string of the molecule is Cc1ccc(NCC2CCC(C)O2)cc1Br. The highest BCUT2D eigenvalue weighted by Gasteiger charge is 2.21. The van der Waals surface area contributed by atoms with E-state index in [9.17, 15) is 0 Å². The number of nitrogens with one attached hydrogen (secondary N) is 1. The maximum absolute atomic E-state index is 5.76. The number of hydrogen-bond acceptors (Lipinski definition) is 2. The van der Waals surface area contributed by atoms with Crippen LogP contribution >= 0.6 is 15.9 Å². The number of rotatable bonds is 3. The fraction of sp³-hybridized carbons (Fsp3) is 0.538. The lowest BCUT2D eigenvalue weighted by Crippen LogP contribution is -2.19. The Kier molecular flexibility index (Phi) is 3.87. The van der Waals surface area contributed by atoms with Crippen LogP contribution < -0.4 is 5.32 Å². The Labute approximate surface area is 106 Å². The zero-order chi connectivity index (χ0) is 11.5. The van der Waals surface area contributed by atoms with Crippen LogP contribution in [0.5, 0.6) is 0 Å². The molecular weight excluding hydrogens is 266 g/mol. The molecule has 1 aromatic carbocycles. The molecule has 0 aromatic heterocycles. The quantitative estimate of drug-likeness (QED) is 0.913. The average Bonchev–Trinajstić information content (AvgIpc) is 2.66. The van der Waals surface area contributed by atoms with E-state index in [1.807, 2.05) is 0 Å². The van der Waals surface area contributed by atoms with E-state index in [1.165, 1.54) is 18.4 Å². The normalized spacial score (nSPS) is 24.7. The number of halogens is 1. The Bertz CT molecular complexity index is 367. The first kappa shape index (κ1) is 11.9. The minimum Gasteiger partial charge on any atom is -0.382 e. The molecule has 1 aliphatic rings. The summed E-state index contributed by atoms with van der Waals surface area (Å²) in [6.07, 6.45) is 3.15. The number of benzene rings is 1. The van der Waals surface area contributed by atoms with E-state index in [1.54, 1.807) is 0 Å². The van der Waals surface area contributed by atoms with E-state index in [4.69, 9.17) is 4.74 Å². The van der Waals surface area contributed by atoms with E-state index in [0.717, 1.165) is 16.7 Å². The van der Waals surface area contributed by atoms with Gasteiger partial charge in [-0.3, -0.25) is 0 Å². The van der Waals surface area contributed by atoms with Gasteiger partial charge in [0.05, 0.1) is 12.2 Å². The van der Waals surface area contributed by atoms with Crippen molar-refractivity contribution >= 4 is 21.6 Å². The Balaban J connectivity index is 1.87. The summed E-state index contributed by atoms with van der Waals surface area (Å²) in [5.41, 5.74) is 2.41. The van der Waals surface area contributed by atoms with E-state index < -0.39 is 0 Å². The summed E-state index contributed by atoms with van der Waals surface area (Å²) in [7, 11) is 0. The van der Waals surface area contributed by atoms with Gasteiger partial charge in [0.15, 0.2) is 0 Å². The fourth-order valence-corrected chi connectivity index (χ4v) is 2.35. The van der Waals surface area contributed by atoms with E-state index in [0.29, 0.717) is 12.2 Å². The molecule has 0 aliphatic carbocycles. The summed E-state index contributed by atoms with van der Waals surface area (Å²) in [4.78, 5) is 0. The molecule has 1 saturated heterocycles. The van der Waals surface area contributed by atoms with Crippen molar-refractivity contribution in [2.45, 2.75) is 38.9 Å². The molecule has 2 nitrogen and oxygen atoms in total. The maximum Gasteiger partial charge on any atom is 0.0751 e. The molecule has 0 spiro atoms. The largest absolute Gasteiger partial charge is 0.382 e. The van der Waals surface area contributed by atoms with Crippen LogP contribution in [0.1, 0.15) is 25.3 Å². The third kappa shape index (κ3) is 2.98. The Morgan fingerprint density at radius 3 is 2.88 bits per heavy atom. The van der Waals surface area contributed by atoms with Gasteiger partial charge in [0.2, 0.25) is 0 Å². The van der Waals surface area contributed by atoms with Gasteiger partial charge in [0.1, 0.15) is 0 Å². The van der Waals surface area contributed by atoms with Crippen molar-refractivity contribution in [1.82, 2.24) is 0 Å². The summed E-state index contributed by atoms with van der Waals surface area (Å²) in [5, 5.41) is 3.42. The molecule has 16 heavy (non-hydrogen) atoms. The highest BCUT2D eigenvalue weighted by molar-refractivity contribution is 9.10. The molecule has 2 unspecified atom stereocenters. The summed E-state index contributed by atoms with van der Waals surface area (Å²) in [5.74, 6) is 0. The molecule has 2 rings (SSSR count). The first-order chi connectivity index (χ1) is 7.65. The van der Waals surface area contributed by atoms with Crippen LogP contribution in [0.3, 0.4) is 0 Å². The highest BCUT2D eigenvalue weighted by Crippen LogP contribution is 2.22. The van der Waals surface area contributed by atoms with Gasteiger partial charge in [-0.15, -0.1) is 0 Å². The summed E-state index contributed by atoms with van der Waals surface area (Å²) < 4.78 is 6.91. The molecule has 0 bridgehead atoms. The van der Waals surface area contributed by atoms with E-state index >= 15 is 0 Å². The van der Waals surface area contributed by atoms with Crippen LogP contribution in [0.15, 0.2) is 22.7 Å². The van der Waals surface area contributed by atoms with Crippen molar-refractivity contribution in [3.8, 4) is 0 Å². The van der Waals surface area contributed by atoms with Gasteiger partial charge in [-0.1, -0.05) is 22.0 Å². The number of anilines is 1. The van der Waals surface area contributed by atoms with Crippen LogP contribution in [0.25, 0.3) is 0 Å². The Hall–Kier alpha value is -0.540. The van der Waals surface area contributed by atoms with Crippen LogP contribution in [0, 0.1) is 6.92 Å². The molecule has 88 valence electrons. The molecule has 0 saturated carbocycles. The zero-order valence-electron chi connectivity index (χ0n) is 9.79. The summed E-state index contributed by atoms with van der Waals surface area (Å²) in [6, 6.07) is 6.34. The zero-order valence-corrected chi connectivity index (χ0v) is 11.4. The minimum absolute atomic E-state index is 0.370. The molecule has 1 aromatic rings. The fourth-order valence-electron chi connectivity index (χ4n) is 1.97. The molecule has 3 heteroatoms. The summed E-state index contributed by atoms with van der Waals surface area (Å²) >= 11 is 3.54. The van der Waals surface area contributed by atoms with Crippen molar-refractivity contribution in [3.05, 3.63) is 28.2 Å². The van der Waals surface area contributed by atoms with Crippen molar-refractivity contribution < 1.29 is 4.74 Å². The lowest BCUT2D eigenvalue weighted by Gasteiger charge is -2.13. The van der Waals surface area contributed by atoms with Gasteiger partial charge in [0.25, 0.3) is 0 Å². The smallest absolute Gasteiger partial charge is 0.0751 e. The summed E-state index contributed by atoms with van der Waals surface area (Å²) in [6.45, 7) is 5.14. The standard InChI is InChI=1S/C13H18BrNO/c1-9-3-5-11(7-13(9)14)15-8-12-6-4-10(2)16-12/h3,5,7,10,12,15H,4,6,8H2,1-2H3. The molecule has 0 radical (unpaired) electrons. The van der Waals surface area contributed by atoms with E-state index in [-0.39, 0.29) is 0 Å². The second-order valence-corrected chi connectivity index (χ2v) is 5.35. The first-order valence-electron chi connectivity index (χ1n) is 5.80. The van der Waals surface area contributed by atoms with Gasteiger partial charge in [0, 0.05) is 16.7 Å². The second-order valence-electron chi connectivity index (χ2n) is 4.49. The van der Waals surface area contributed by atoms with Crippen molar-refractivity contribution in [2.75, 3.05) is 11.9 Å². The number of ether oxygens (including phenoxy) is 1.